The molecule has 2 fully saturated rings. The lowest BCUT2D eigenvalue weighted by molar-refractivity contribution is -0.121. The van der Waals surface area contributed by atoms with Crippen molar-refractivity contribution in [3.63, 3.8) is 0 Å². The molecular weight excluding hydrogens is 556 g/mol. The van der Waals surface area contributed by atoms with Crippen molar-refractivity contribution in [1.29, 1.82) is 0 Å². The van der Waals surface area contributed by atoms with Gasteiger partial charge in [-0.1, -0.05) is 29.0 Å². The van der Waals surface area contributed by atoms with Gasteiger partial charge in [-0.2, -0.15) is 4.31 Å². The Morgan fingerprint density at radius 1 is 1.27 bits per heavy atom. The first kappa shape index (κ1) is 26.8. The van der Waals surface area contributed by atoms with Crippen molar-refractivity contribution in [2.75, 3.05) is 57.9 Å². The molecular formula is C24H29ClN4O5S3. The van der Waals surface area contributed by atoms with E-state index in [1.807, 2.05) is 0 Å². The largest absolute Gasteiger partial charge is 0.494 e. The van der Waals surface area contributed by atoms with Gasteiger partial charge in [0.2, 0.25) is 5.91 Å². The van der Waals surface area contributed by atoms with Gasteiger partial charge in [0.25, 0.3) is 10.0 Å². The Hall–Kier alpha value is -1.80. The number of benzene rings is 1. The van der Waals surface area contributed by atoms with Gasteiger partial charge in [-0.15, -0.1) is 11.3 Å². The molecule has 0 spiro atoms. The highest BCUT2D eigenvalue weighted by molar-refractivity contribution is 7.91. The molecule has 2 saturated heterocycles. The number of amides is 1. The molecule has 2 aromatic heterocycles. The van der Waals surface area contributed by atoms with Gasteiger partial charge in [-0.3, -0.25) is 14.6 Å². The van der Waals surface area contributed by atoms with Crippen LogP contribution < -0.4 is 9.64 Å². The average molecular weight is 585 g/mol. The molecule has 0 saturated carbocycles. The van der Waals surface area contributed by atoms with Crippen molar-refractivity contribution in [2.45, 2.75) is 29.5 Å². The van der Waals surface area contributed by atoms with Crippen LogP contribution >= 0.6 is 34.3 Å². The van der Waals surface area contributed by atoms with Crippen LogP contribution in [-0.2, 0) is 19.6 Å². The summed E-state index contributed by atoms with van der Waals surface area (Å²) in [5, 5.41) is 2.76. The number of ether oxygens (including phenoxy) is 2. The van der Waals surface area contributed by atoms with Crippen LogP contribution in [0.15, 0.2) is 33.9 Å². The Balaban J connectivity index is 1.45. The monoisotopic (exact) mass is 584 g/mol. The van der Waals surface area contributed by atoms with Crippen LogP contribution in [-0.4, -0.2) is 87.6 Å². The zero-order chi connectivity index (χ0) is 26.0. The van der Waals surface area contributed by atoms with Gasteiger partial charge >= 0.3 is 0 Å². The summed E-state index contributed by atoms with van der Waals surface area (Å²) in [4.78, 5) is 22.8. The molecule has 200 valence electrons. The lowest BCUT2D eigenvalue weighted by Crippen LogP contribution is -2.48. The Morgan fingerprint density at radius 2 is 2.08 bits per heavy atom. The fraction of sp³-hybridized carbons (Fsp3) is 0.500. The fourth-order valence-corrected chi connectivity index (χ4v) is 8.84. The molecule has 0 aliphatic carbocycles. The third-order valence-electron chi connectivity index (χ3n) is 6.67. The second kappa shape index (κ2) is 11.5. The lowest BCUT2D eigenvalue weighted by Gasteiger charge is -2.30. The highest BCUT2D eigenvalue weighted by atomic mass is 35.5. The van der Waals surface area contributed by atoms with Crippen molar-refractivity contribution in [1.82, 2.24) is 14.2 Å². The number of thiophene rings is 1. The van der Waals surface area contributed by atoms with Crippen LogP contribution in [0, 0.1) is 0 Å². The van der Waals surface area contributed by atoms with Crippen molar-refractivity contribution in [3.8, 4) is 5.75 Å². The zero-order valence-electron chi connectivity index (χ0n) is 20.5. The molecule has 1 atom stereocenters. The summed E-state index contributed by atoms with van der Waals surface area (Å²) in [5.41, 5.74) is 0.593. The van der Waals surface area contributed by atoms with Gasteiger partial charge < -0.3 is 9.47 Å². The second-order valence-electron chi connectivity index (χ2n) is 8.93. The first-order valence-corrected chi connectivity index (χ1v) is 15.7. The number of anilines is 1. The SMILES string of the molecule is COc1ccc(Cl)c2sc(N(CCCN3CCOCC3)C(=O)C3CCCN3S(=O)(=O)c3cccs3)nc12. The summed E-state index contributed by atoms with van der Waals surface area (Å²) < 4.78 is 40.0. The minimum absolute atomic E-state index is 0.252. The van der Waals surface area contributed by atoms with E-state index < -0.39 is 16.1 Å². The van der Waals surface area contributed by atoms with Crippen LogP contribution in [0.5, 0.6) is 5.75 Å². The van der Waals surface area contributed by atoms with E-state index >= 15 is 0 Å². The number of hydrogen-bond acceptors (Lipinski definition) is 9. The Morgan fingerprint density at radius 3 is 2.81 bits per heavy atom. The Labute approximate surface area is 229 Å². The van der Waals surface area contributed by atoms with Crippen LogP contribution in [0.3, 0.4) is 0 Å². The number of fused-ring (bicyclic) bond motifs is 1. The number of nitrogens with zero attached hydrogens (tertiary/aromatic N) is 4. The summed E-state index contributed by atoms with van der Waals surface area (Å²) in [7, 11) is -2.19. The van der Waals surface area contributed by atoms with Crippen molar-refractivity contribution in [3.05, 3.63) is 34.7 Å². The molecule has 2 aliphatic heterocycles. The Kier molecular flexibility index (Phi) is 8.34. The molecule has 9 nitrogen and oxygen atoms in total. The number of thiazole rings is 1. The number of methoxy groups -OCH3 is 1. The van der Waals surface area contributed by atoms with Gasteiger partial charge in [0.15, 0.2) is 5.13 Å². The number of halogens is 1. The predicted molar refractivity (Wildman–Crippen MR) is 147 cm³/mol. The molecule has 5 rings (SSSR count). The van der Waals surface area contributed by atoms with E-state index in [9.17, 15) is 13.2 Å². The standard InChI is InChI=1S/C24H29ClN4O5S3/c1-33-19-8-7-17(25)22-21(19)26-24(36-22)28(10-4-9-27-12-14-34-15-13-27)23(30)18-5-2-11-29(18)37(31,32)20-6-3-16-35-20/h3,6-8,16,18H,2,4-5,9-15H2,1H3. The molecule has 4 heterocycles. The van der Waals surface area contributed by atoms with Crippen LogP contribution in [0.2, 0.25) is 5.02 Å². The summed E-state index contributed by atoms with van der Waals surface area (Å²) >= 11 is 8.95. The van der Waals surface area contributed by atoms with E-state index in [2.05, 4.69) is 4.90 Å². The molecule has 0 N–H and O–H groups in total. The number of aromatic nitrogens is 1. The maximum Gasteiger partial charge on any atom is 0.253 e. The zero-order valence-corrected chi connectivity index (χ0v) is 23.7. The molecule has 13 heteroatoms. The van der Waals surface area contributed by atoms with E-state index in [0.29, 0.717) is 60.6 Å². The number of rotatable bonds is 9. The normalized spacial score (nSPS) is 19.5. The van der Waals surface area contributed by atoms with E-state index in [0.717, 1.165) is 42.1 Å². The number of hydrogen-bond donors (Lipinski definition) is 0. The number of sulfonamides is 1. The molecule has 1 aromatic carbocycles. The summed E-state index contributed by atoms with van der Waals surface area (Å²) in [6.07, 6.45) is 1.82. The van der Waals surface area contributed by atoms with E-state index in [4.69, 9.17) is 26.1 Å². The first-order chi connectivity index (χ1) is 17.9. The topological polar surface area (TPSA) is 92.3 Å². The molecule has 0 bridgehead atoms. The van der Waals surface area contributed by atoms with Crippen LogP contribution in [0.1, 0.15) is 19.3 Å². The smallest absolute Gasteiger partial charge is 0.253 e. The van der Waals surface area contributed by atoms with Crippen molar-refractivity contribution < 1.29 is 22.7 Å². The van der Waals surface area contributed by atoms with Gasteiger partial charge in [-0.25, -0.2) is 13.4 Å². The number of carbonyl (C=O) groups is 1. The van der Waals surface area contributed by atoms with E-state index in [1.165, 1.54) is 15.6 Å². The Bertz CT molecular complexity index is 1340. The van der Waals surface area contributed by atoms with E-state index in [-0.39, 0.29) is 10.1 Å². The minimum atomic E-state index is -3.76. The molecule has 0 radical (unpaired) electrons. The molecule has 1 amide bonds. The summed E-state index contributed by atoms with van der Waals surface area (Å²) in [5.74, 6) is 0.319. The minimum Gasteiger partial charge on any atom is -0.494 e. The highest BCUT2D eigenvalue weighted by Crippen LogP contribution is 2.39. The second-order valence-corrected chi connectivity index (χ2v) is 13.4. The first-order valence-electron chi connectivity index (χ1n) is 12.2. The fourth-order valence-electron chi connectivity index (χ4n) is 4.78. The molecule has 3 aromatic rings. The maximum atomic E-state index is 14.1. The number of carbonyl (C=O) groups excluding carboxylic acids is 1. The third kappa shape index (κ3) is 5.51. The van der Waals surface area contributed by atoms with Gasteiger partial charge in [0.05, 0.1) is 30.0 Å². The van der Waals surface area contributed by atoms with Gasteiger partial charge in [0.1, 0.15) is 21.5 Å². The quantitative estimate of drug-likeness (QED) is 0.376. The molecule has 2 aliphatic rings. The molecule has 1 unspecified atom stereocenters. The van der Waals surface area contributed by atoms with Crippen LogP contribution in [0.25, 0.3) is 10.2 Å². The lowest BCUT2D eigenvalue weighted by atomic mass is 10.2. The highest BCUT2D eigenvalue weighted by Gasteiger charge is 2.42. The van der Waals surface area contributed by atoms with Crippen molar-refractivity contribution in [2.24, 2.45) is 0 Å². The summed E-state index contributed by atoms with van der Waals surface area (Å²) in [6, 6.07) is 6.02. The number of morpholine rings is 1. The molecule has 37 heavy (non-hydrogen) atoms. The average Bonchev–Trinajstić information content (AvgIpc) is 3.68. The van der Waals surface area contributed by atoms with Crippen molar-refractivity contribution >= 4 is 65.6 Å². The van der Waals surface area contributed by atoms with E-state index in [1.54, 1.807) is 41.7 Å². The van der Waals surface area contributed by atoms with Gasteiger partial charge in [0, 0.05) is 32.7 Å². The van der Waals surface area contributed by atoms with Crippen LogP contribution in [0.4, 0.5) is 5.13 Å². The van der Waals surface area contributed by atoms with Gasteiger partial charge in [-0.05, 0) is 42.8 Å². The predicted octanol–water partition coefficient (Wildman–Crippen LogP) is 3.93. The third-order valence-corrected chi connectivity index (χ3v) is 11.5. The maximum absolute atomic E-state index is 14.1. The summed E-state index contributed by atoms with van der Waals surface area (Å²) in [6.45, 7) is 4.67.